The summed E-state index contributed by atoms with van der Waals surface area (Å²) in [5, 5.41) is 3.41. The van der Waals surface area contributed by atoms with Gasteiger partial charge in [0.05, 0.1) is 0 Å². The zero-order chi connectivity index (χ0) is 10.2. The molecule has 1 aromatic heterocycles. The van der Waals surface area contributed by atoms with Crippen LogP contribution in [0.4, 0.5) is 0 Å². The van der Waals surface area contributed by atoms with Gasteiger partial charge in [0.1, 0.15) is 0 Å². The van der Waals surface area contributed by atoms with Crippen LogP contribution >= 0.6 is 0 Å². The zero-order valence-corrected chi connectivity index (χ0v) is 8.92. The first-order valence-electron chi connectivity index (χ1n) is 5.36. The molecule has 3 nitrogen and oxygen atoms in total. The van der Waals surface area contributed by atoms with E-state index in [0.29, 0.717) is 5.92 Å². The van der Waals surface area contributed by atoms with Crippen LogP contribution in [0.1, 0.15) is 19.0 Å². The molecule has 0 aliphatic rings. The summed E-state index contributed by atoms with van der Waals surface area (Å²) in [5.74, 6) is 0.632. The van der Waals surface area contributed by atoms with E-state index in [-0.39, 0.29) is 0 Å². The van der Waals surface area contributed by atoms with Gasteiger partial charge < -0.3 is 16.0 Å². The molecule has 3 heteroatoms. The summed E-state index contributed by atoms with van der Waals surface area (Å²) in [6.07, 6.45) is 4.21. The summed E-state index contributed by atoms with van der Waals surface area (Å²) < 4.78 is 0. The van der Waals surface area contributed by atoms with Gasteiger partial charge in [0.25, 0.3) is 0 Å². The van der Waals surface area contributed by atoms with Crippen LogP contribution in [0.25, 0.3) is 0 Å². The number of hydrogen-bond acceptors (Lipinski definition) is 2. The average molecular weight is 195 g/mol. The summed E-state index contributed by atoms with van der Waals surface area (Å²) in [7, 11) is 0. The molecule has 0 amide bonds. The molecule has 0 aliphatic heterocycles. The van der Waals surface area contributed by atoms with Gasteiger partial charge in [-0.2, -0.15) is 0 Å². The SMILES string of the molecule is CC(CN)CCNCCc1ccc[nH]1. The Hall–Kier alpha value is -0.800. The van der Waals surface area contributed by atoms with Gasteiger partial charge in [-0.3, -0.25) is 0 Å². The Bertz CT molecular complexity index is 218. The lowest BCUT2D eigenvalue weighted by atomic mass is 10.1. The molecule has 1 unspecified atom stereocenters. The van der Waals surface area contributed by atoms with E-state index in [2.05, 4.69) is 23.3 Å². The molecule has 0 saturated carbocycles. The molecule has 0 radical (unpaired) electrons. The summed E-state index contributed by atoms with van der Waals surface area (Å²) in [6, 6.07) is 4.15. The highest BCUT2D eigenvalue weighted by Gasteiger charge is 1.97. The van der Waals surface area contributed by atoms with Crippen LogP contribution in [0.3, 0.4) is 0 Å². The lowest BCUT2D eigenvalue weighted by Crippen LogP contribution is -2.22. The summed E-state index contributed by atoms with van der Waals surface area (Å²) in [6.45, 7) is 5.09. The van der Waals surface area contributed by atoms with Crippen molar-refractivity contribution < 1.29 is 0 Å². The van der Waals surface area contributed by atoms with Gasteiger partial charge in [0.2, 0.25) is 0 Å². The van der Waals surface area contributed by atoms with Crippen molar-refractivity contribution in [2.45, 2.75) is 19.8 Å². The van der Waals surface area contributed by atoms with E-state index >= 15 is 0 Å². The lowest BCUT2D eigenvalue weighted by molar-refractivity contribution is 0.510. The molecule has 0 fully saturated rings. The molecule has 1 aromatic rings. The van der Waals surface area contributed by atoms with E-state index in [1.165, 1.54) is 12.1 Å². The first-order valence-corrected chi connectivity index (χ1v) is 5.36. The van der Waals surface area contributed by atoms with Gasteiger partial charge in [-0.05, 0) is 44.0 Å². The summed E-state index contributed by atoms with van der Waals surface area (Å²) in [5.41, 5.74) is 6.83. The van der Waals surface area contributed by atoms with Crippen molar-refractivity contribution in [3.8, 4) is 0 Å². The minimum absolute atomic E-state index is 0.632. The molecule has 0 saturated heterocycles. The van der Waals surface area contributed by atoms with Gasteiger partial charge in [-0.25, -0.2) is 0 Å². The van der Waals surface area contributed by atoms with Gasteiger partial charge >= 0.3 is 0 Å². The lowest BCUT2D eigenvalue weighted by Gasteiger charge is -2.08. The topological polar surface area (TPSA) is 53.8 Å². The maximum Gasteiger partial charge on any atom is 0.0159 e. The largest absolute Gasteiger partial charge is 0.365 e. The third-order valence-electron chi connectivity index (χ3n) is 2.45. The van der Waals surface area contributed by atoms with E-state index in [1.807, 2.05) is 12.3 Å². The monoisotopic (exact) mass is 195 g/mol. The molecular formula is C11H21N3. The highest BCUT2D eigenvalue weighted by Crippen LogP contribution is 1.97. The predicted octanol–water partition coefficient (Wildman–Crippen LogP) is 1.13. The van der Waals surface area contributed by atoms with Crippen LogP contribution in [-0.2, 0) is 6.42 Å². The molecule has 0 bridgehead atoms. The Labute approximate surface area is 86.1 Å². The second-order valence-corrected chi connectivity index (χ2v) is 3.82. The number of nitrogens with one attached hydrogen (secondary N) is 2. The number of nitrogens with two attached hydrogens (primary N) is 1. The van der Waals surface area contributed by atoms with E-state index < -0.39 is 0 Å². The molecule has 1 rings (SSSR count). The van der Waals surface area contributed by atoms with Crippen molar-refractivity contribution in [1.29, 1.82) is 0 Å². The number of aromatic nitrogens is 1. The van der Waals surface area contributed by atoms with Crippen molar-refractivity contribution >= 4 is 0 Å². The second kappa shape index (κ2) is 6.62. The third kappa shape index (κ3) is 4.44. The molecule has 0 aromatic carbocycles. The van der Waals surface area contributed by atoms with Crippen LogP contribution in [0.15, 0.2) is 18.3 Å². The van der Waals surface area contributed by atoms with Crippen LogP contribution in [-0.4, -0.2) is 24.6 Å². The summed E-state index contributed by atoms with van der Waals surface area (Å²) >= 11 is 0. The molecule has 80 valence electrons. The van der Waals surface area contributed by atoms with Crippen molar-refractivity contribution in [2.24, 2.45) is 11.7 Å². The Morgan fingerprint density at radius 3 is 3.00 bits per heavy atom. The first kappa shape index (κ1) is 11.3. The Morgan fingerprint density at radius 2 is 2.36 bits per heavy atom. The molecule has 0 spiro atoms. The van der Waals surface area contributed by atoms with Gasteiger partial charge in [-0.15, -0.1) is 0 Å². The molecule has 4 N–H and O–H groups in total. The fourth-order valence-corrected chi connectivity index (χ4v) is 1.34. The molecular weight excluding hydrogens is 174 g/mol. The van der Waals surface area contributed by atoms with E-state index in [9.17, 15) is 0 Å². The van der Waals surface area contributed by atoms with Crippen LogP contribution in [0.5, 0.6) is 0 Å². The van der Waals surface area contributed by atoms with Crippen LogP contribution in [0.2, 0.25) is 0 Å². The fourth-order valence-electron chi connectivity index (χ4n) is 1.34. The Morgan fingerprint density at radius 1 is 1.50 bits per heavy atom. The van der Waals surface area contributed by atoms with Crippen LogP contribution in [0, 0.1) is 5.92 Å². The van der Waals surface area contributed by atoms with Crippen LogP contribution < -0.4 is 11.1 Å². The molecule has 1 atom stereocenters. The van der Waals surface area contributed by atoms with E-state index in [0.717, 1.165) is 26.1 Å². The zero-order valence-electron chi connectivity index (χ0n) is 8.92. The predicted molar refractivity (Wildman–Crippen MR) is 60.2 cm³/mol. The van der Waals surface area contributed by atoms with Gasteiger partial charge in [0, 0.05) is 18.4 Å². The fraction of sp³-hybridized carbons (Fsp3) is 0.636. The number of aromatic amines is 1. The van der Waals surface area contributed by atoms with Crippen molar-refractivity contribution in [3.05, 3.63) is 24.0 Å². The molecule has 14 heavy (non-hydrogen) atoms. The second-order valence-electron chi connectivity index (χ2n) is 3.82. The highest BCUT2D eigenvalue weighted by molar-refractivity contribution is 5.03. The Kier molecular flexibility index (Phi) is 5.33. The minimum atomic E-state index is 0.632. The molecule has 0 aliphatic carbocycles. The third-order valence-corrected chi connectivity index (χ3v) is 2.45. The van der Waals surface area contributed by atoms with Crippen molar-refractivity contribution in [3.63, 3.8) is 0 Å². The van der Waals surface area contributed by atoms with E-state index in [1.54, 1.807) is 0 Å². The maximum absolute atomic E-state index is 5.53. The number of hydrogen-bond donors (Lipinski definition) is 3. The maximum atomic E-state index is 5.53. The minimum Gasteiger partial charge on any atom is -0.365 e. The van der Waals surface area contributed by atoms with E-state index in [4.69, 9.17) is 5.73 Å². The van der Waals surface area contributed by atoms with Crippen molar-refractivity contribution in [1.82, 2.24) is 10.3 Å². The van der Waals surface area contributed by atoms with Gasteiger partial charge in [0.15, 0.2) is 0 Å². The normalized spacial score (nSPS) is 13.0. The number of rotatable bonds is 7. The highest BCUT2D eigenvalue weighted by atomic mass is 14.9. The van der Waals surface area contributed by atoms with Gasteiger partial charge in [-0.1, -0.05) is 6.92 Å². The standard InChI is InChI=1S/C11H21N3/c1-10(9-12)4-7-13-8-5-11-3-2-6-14-11/h2-3,6,10,13-14H,4-5,7-9,12H2,1H3. The Balaban J connectivity index is 1.95. The first-order chi connectivity index (χ1) is 6.83. The van der Waals surface area contributed by atoms with Crippen molar-refractivity contribution in [2.75, 3.05) is 19.6 Å². The summed E-state index contributed by atoms with van der Waals surface area (Å²) in [4.78, 5) is 3.19. The average Bonchev–Trinajstić information content (AvgIpc) is 2.69. The smallest absolute Gasteiger partial charge is 0.0159 e. The molecule has 1 heterocycles. The quantitative estimate of drug-likeness (QED) is 0.571. The number of H-pyrrole nitrogens is 1.